The fraction of sp³-hybridized carbons (Fsp3) is 0.389. The van der Waals surface area contributed by atoms with Crippen LogP contribution in [-0.4, -0.2) is 66.0 Å². The first-order valence-electron chi connectivity index (χ1n) is 9.29. The van der Waals surface area contributed by atoms with Gasteiger partial charge in [-0.05, 0) is 6.07 Å². The van der Waals surface area contributed by atoms with E-state index in [9.17, 15) is 19.7 Å². The normalized spacial score (nSPS) is 16.8. The largest absolute Gasteiger partial charge is 0.362 e. The van der Waals surface area contributed by atoms with Gasteiger partial charge in [0.2, 0.25) is 5.91 Å². The average Bonchev–Trinajstić information content (AvgIpc) is 3.36. The van der Waals surface area contributed by atoms with Crippen LogP contribution in [0.4, 0.5) is 21.3 Å². The number of nitro benzene ring substituents is 1. The summed E-state index contributed by atoms with van der Waals surface area (Å²) in [6.07, 6.45) is 0.178. The van der Waals surface area contributed by atoms with E-state index in [1.54, 1.807) is 28.0 Å². The minimum absolute atomic E-state index is 0.0325. The van der Waals surface area contributed by atoms with Crippen LogP contribution in [-0.2, 0) is 11.2 Å². The summed E-state index contributed by atoms with van der Waals surface area (Å²) in [6, 6.07) is 6.49. The van der Waals surface area contributed by atoms with E-state index in [2.05, 4.69) is 10.3 Å². The molecule has 0 atom stereocenters. The van der Waals surface area contributed by atoms with Gasteiger partial charge < -0.3 is 15.1 Å². The number of carbonyl (C=O) groups is 2. The monoisotopic (exact) mass is 416 g/mol. The first kappa shape index (κ1) is 19.1. The molecule has 0 spiro atoms. The standard InChI is InChI=1S/C18H20N6O4S/c25-16(11-13-12-29-18(20-13)23-6-5-19-17(23)26)22-9-7-21(8-10-22)14-3-1-2-4-15(14)24(27)28/h1-4,12H,5-11H2,(H,19,26). The van der Waals surface area contributed by atoms with Gasteiger partial charge in [0.05, 0.1) is 17.0 Å². The SMILES string of the molecule is O=C(Cc1csc(N2CCNC2=O)n1)N1CCN(c2ccccc2[N+](=O)[O-])CC1. The molecule has 2 aliphatic heterocycles. The van der Waals surface area contributed by atoms with Crippen molar-refractivity contribution in [2.45, 2.75) is 6.42 Å². The van der Waals surface area contributed by atoms with Crippen molar-refractivity contribution in [1.82, 2.24) is 15.2 Å². The quantitative estimate of drug-likeness (QED) is 0.584. The van der Waals surface area contributed by atoms with Crippen molar-refractivity contribution < 1.29 is 14.5 Å². The van der Waals surface area contributed by atoms with E-state index >= 15 is 0 Å². The second-order valence-corrected chi connectivity index (χ2v) is 7.63. The molecular formula is C18H20N6O4S. The predicted molar refractivity (Wildman–Crippen MR) is 108 cm³/mol. The Morgan fingerprint density at radius 1 is 1.21 bits per heavy atom. The zero-order valence-electron chi connectivity index (χ0n) is 15.6. The third-order valence-corrected chi connectivity index (χ3v) is 5.92. The highest BCUT2D eigenvalue weighted by Gasteiger charge is 2.27. The highest BCUT2D eigenvalue weighted by atomic mass is 32.1. The summed E-state index contributed by atoms with van der Waals surface area (Å²) in [4.78, 5) is 44.9. The van der Waals surface area contributed by atoms with Crippen LogP contribution in [0.15, 0.2) is 29.6 Å². The van der Waals surface area contributed by atoms with Crippen LogP contribution < -0.4 is 15.1 Å². The van der Waals surface area contributed by atoms with E-state index < -0.39 is 0 Å². The Balaban J connectivity index is 1.35. The first-order chi connectivity index (χ1) is 14.0. The molecule has 3 heterocycles. The Morgan fingerprint density at radius 2 is 1.97 bits per heavy atom. The fourth-order valence-corrected chi connectivity index (χ4v) is 4.35. The van der Waals surface area contributed by atoms with Crippen molar-refractivity contribution in [1.29, 1.82) is 0 Å². The number of carbonyl (C=O) groups excluding carboxylic acids is 2. The number of thiazole rings is 1. The number of nitro groups is 1. The molecule has 29 heavy (non-hydrogen) atoms. The van der Waals surface area contributed by atoms with Gasteiger partial charge >= 0.3 is 6.03 Å². The molecule has 2 aromatic rings. The number of nitrogens with one attached hydrogen (secondary N) is 1. The summed E-state index contributed by atoms with van der Waals surface area (Å²) in [5.41, 5.74) is 1.31. The first-order valence-corrected chi connectivity index (χ1v) is 10.2. The number of piperazine rings is 1. The summed E-state index contributed by atoms with van der Waals surface area (Å²) in [5, 5.41) is 16.4. The van der Waals surface area contributed by atoms with Crippen LogP contribution in [0.3, 0.4) is 0 Å². The van der Waals surface area contributed by atoms with E-state index in [1.165, 1.54) is 17.4 Å². The molecule has 3 amide bonds. The van der Waals surface area contributed by atoms with Crippen molar-refractivity contribution in [3.8, 4) is 0 Å². The second kappa shape index (κ2) is 8.03. The number of para-hydroxylation sites is 2. The highest BCUT2D eigenvalue weighted by Crippen LogP contribution is 2.28. The van der Waals surface area contributed by atoms with Crippen molar-refractivity contribution >= 4 is 39.8 Å². The molecule has 11 heteroatoms. The van der Waals surface area contributed by atoms with Crippen LogP contribution in [0, 0.1) is 10.1 Å². The second-order valence-electron chi connectivity index (χ2n) is 6.80. The molecule has 0 aliphatic carbocycles. The number of hydrogen-bond donors (Lipinski definition) is 1. The van der Waals surface area contributed by atoms with Crippen LogP contribution in [0.1, 0.15) is 5.69 Å². The smallest absolute Gasteiger partial charge is 0.323 e. The van der Waals surface area contributed by atoms with Gasteiger partial charge in [-0.1, -0.05) is 12.1 Å². The lowest BCUT2D eigenvalue weighted by Gasteiger charge is -2.35. The Labute approximate surface area is 170 Å². The van der Waals surface area contributed by atoms with Crippen molar-refractivity contribution in [3.63, 3.8) is 0 Å². The van der Waals surface area contributed by atoms with Crippen molar-refractivity contribution in [3.05, 3.63) is 45.5 Å². The van der Waals surface area contributed by atoms with Crippen LogP contribution in [0.2, 0.25) is 0 Å². The fourth-order valence-electron chi connectivity index (χ4n) is 3.51. The summed E-state index contributed by atoms with van der Waals surface area (Å²) in [5.74, 6) is -0.0325. The van der Waals surface area contributed by atoms with Gasteiger partial charge in [0.25, 0.3) is 5.69 Å². The van der Waals surface area contributed by atoms with Gasteiger partial charge in [-0.3, -0.25) is 19.8 Å². The third kappa shape index (κ3) is 3.99. The van der Waals surface area contributed by atoms with E-state index in [-0.39, 0.29) is 29.0 Å². The minimum Gasteiger partial charge on any atom is -0.362 e. The molecule has 152 valence electrons. The maximum atomic E-state index is 12.7. The number of benzene rings is 1. The van der Waals surface area contributed by atoms with E-state index in [4.69, 9.17) is 0 Å². The molecule has 1 aromatic carbocycles. The van der Waals surface area contributed by atoms with Gasteiger partial charge in [0, 0.05) is 50.7 Å². The molecular weight excluding hydrogens is 396 g/mol. The van der Waals surface area contributed by atoms with E-state index in [0.29, 0.717) is 55.8 Å². The zero-order chi connectivity index (χ0) is 20.4. The van der Waals surface area contributed by atoms with Gasteiger partial charge in [0.1, 0.15) is 5.69 Å². The number of rotatable bonds is 5. The summed E-state index contributed by atoms with van der Waals surface area (Å²) < 4.78 is 0. The topological polar surface area (TPSA) is 112 Å². The van der Waals surface area contributed by atoms with Gasteiger partial charge in [0.15, 0.2) is 5.13 Å². The third-order valence-electron chi connectivity index (χ3n) is 5.01. The maximum absolute atomic E-state index is 12.7. The van der Waals surface area contributed by atoms with E-state index in [0.717, 1.165) is 0 Å². The lowest BCUT2D eigenvalue weighted by molar-refractivity contribution is -0.384. The Bertz CT molecular complexity index is 940. The van der Waals surface area contributed by atoms with Gasteiger partial charge in [-0.15, -0.1) is 11.3 Å². The number of nitrogens with zero attached hydrogens (tertiary/aromatic N) is 5. The number of amides is 3. The lowest BCUT2D eigenvalue weighted by Crippen LogP contribution is -2.49. The molecule has 2 aliphatic rings. The summed E-state index contributed by atoms with van der Waals surface area (Å²) in [6.45, 7) is 3.23. The minimum atomic E-state index is -0.382. The summed E-state index contributed by atoms with van der Waals surface area (Å²) in [7, 11) is 0. The predicted octanol–water partition coefficient (Wildman–Crippen LogP) is 1.47. The van der Waals surface area contributed by atoms with E-state index in [1.807, 2.05) is 10.3 Å². The van der Waals surface area contributed by atoms with Crippen molar-refractivity contribution in [2.75, 3.05) is 49.1 Å². The molecule has 0 saturated carbocycles. The molecule has 2 fully saturated rings. The number of urea groups is 1. The molecule has 0 unspecified atom stereocenters. The van der Waals surface area contributed by atoms with Gasteiger partial charge in [-0.2, -0.15) is 0 Å². The number of hydrogen-bond acceptors (Lipinski definition) is 7. The molecule has 10 nitrogen and oxygen atoms in total. The molecule has 0 radical (unpaired) electrons. The highest BCUT2D eigenvalue weighted by molar-refractivity contribution is 7.14. The number of aromatic nitrogens is 1. The zero-order valence-corrected chi connectivity index (χ0v) is 16.4. The average molecular weight is 416 g/mol. The Hall–Kier alpha value is -3.21. The van der Waals surface area contributed by atoms with Gasteiger partial charge in [-0.25, -0.2) is 9.78 Å². The van der Waals surface area contributed by atoms with Crippen LogP contribution in [0.5, 0.6) is 0 Å². The molecule has 1 N–H and O–H groups in total. The summed E-state index contributed by atoms with van der Waals surface area (Å²) >= 11 is 1.35. The Morgan fingerprint density at radius 3 is 2.66 bits per heavy atom. The molecule has 0 bridgehead atoms. The molecule has 4 rings (SSSR count). The molecule has 1 aromatic heterocycles. The Kier molecular flexibility index (Phi) is 5.30. The lowest BCUT2D eigenvalue weighted by atomic mass is 10.2. The maximum Gasteiger partial charge on any atom is 0.323 e. The van der Waals surface area contributed by atoms with Crippen LogP contribution in [0.25, 0.3) is 0 Å². The van der Waals surface area contributed by atoms with Crippen LogP contribution >= 0.6 is 11.3 Å². The number of anilines is 2. The molecule has 2 saturated heterocycles. The van der Waals surface area contributed by atoms with Crippen molar-refractivity contribution in [2.24, 2.45) is 0 Å².